The van der Waals surface area contributed by atoms with Crippen LogP contribution in [0.15, 0.2) is 4.99 Å². The first-order valence-corrected chi connectivity index (χ1v) is 3.51. The fourth-order valence-electron chi connectivity index (χ4n) is 0.268. The van der Waals surface area contributed by atoms with Crippen LogP contribution in [0.25, 0.3) is 0 Å². The van der Waals surface area contributed by atoms with Crippen molar-refractivity contribution in [1.82, 2.24) is 5.48 Å². The summed E-state index contributed by atoms with van der Waals surface area (Å²) in [4.78, 5) is 3.69. The fourth-order valence-corrected chi connectivity index (χ4v) is 0.268. The largest absolute Gasteiger partial charge is 0.368 e. The molecule has 0 rings (SSSR count). The highest BCUT2D eigenvalue weighted by atomic mass is 16.5. The lowest BCUT2D eigenvalue weighted by molar-refractivity contribution is 0.232. The van der Waals surface area contributed by atoms with E-state index in [4.69, 9.17) is 10.9 Å². The van der Waals surface area contributed by atoms with E-state index in [9.17, 15) is 0 Å². The number of hydrogen-bond acceptors (Lipinski definition) is 2. The Morgan fingerprint density at radius 3 is 2.40 bits per heavy atom. The van der Waals surface area contributed by atoms with Crippen molar-refractivity contribution in [2.24, 2.45) is 10.7 Å². The summed E-state index contributed by atoms with van der Waals surface area (Å²) >= 11 is 0. The molecule has 0 aliphatic rings. The fraction of sp³-hybridized carbons (Fsp3) is 0.833. The molecule has 10 heavy (non-hydrogen) atoms. The van der Waals surface area contributed by atoms with Crippen LogP contribution in [0.2, 0.25) is 0 Å². The second kappa shape index (κ2) is 11.1. The van der Waals surface area contributed by atoms with Gasteiger partial charge < -0.3 is 5.73 Å². The molecular formula is C6H17N3O. The second-order valence-electron chi connectivity index (χ2n) is 1.38. The Bertz CT molecular complexity index is 83.1. The SMILES string of the molecule is CC.CCCN=C(N)NO. The van der Waals surface area contributed by atoms with Gasteiger partial charge in [0.25, 0.3) is 0 Å². The molecular weight excluding hydrogens is 130 g/mol. The van der Waals surface area contributed by atoms with Crippen molar-refractivity contribution in [2.75, 3.05) is 6.54 Å². The minimum absolute atomic E-state index is 0.0758. The molecule has 0 aromatic rings. The number of nitrogens with one attached hydrogen (secondary N) is 1. The van der Waals surface area contributed by atoms with E-state index >= 15 is 0 Å². The lowest BCUT2D eigenvalue weighted by atomic mass is 10.5. The molecule has 0 saturated carbocycles. The zero-order valence-corrected chi connectivity index (χ0v) is 6.89. The number of rotatable bonds is 2. The topological polar surface area (TPSA) is 70.6 Å². The van der Waals surface area contributed by atoms with Gasteiger partial charge in [0, 0.05) is 6.54 Å². The third-order valence-corrected chi connectivity index (χ3v) is 0.620. The standard InChI is InChI=1S/C4H11N3O.C2H6/c1-2-3-6-4(5)7-8;1-2/h8H,2-3H2,1H3,(H3,5,6,7);1-2H3. The Balaban J connectivity index is 0. The Morgan fingerprint density at radius 2 is 2.10 bits per heavy atom. The van der Waals surface area contributed by atoms with E-state index < -0.39 is 0 Å². The zero-order chi connectivity index (χ0) is 8.41. The summed E-state index contributed by atoms with van der Waals surface area (Å²) in [7, 11) is 0. The van der Waals surface area contributed by atoms with Gasteiger partial charge in [-0.3, -0.25) is 10.2 Å². The average Bonchev–Trinajstić information content (AvgIpc) is 2.04. The van der Waals surface area contributed by atoms with Gasteiger partial charge in [-0.2, -0.15) is 0 Å². The Hall–Kier alpha value is -0.770. The Labute approximate surface area is 62.1 Å². The molecule has 0 amide bonds. The smallest absolute Gasteiger partial charge is 0.212 e. The third kappa shape index (κ3) is 10.3. The van der Waals surface area contributed by atoms with Crippen LogP contribution in [0.5, 0.6) is 0 Å². The van der Waals surface area contributed by atoms with Crippen molar-refractivity contribution in [2.45, 2.75) is 27.2 Å². The van der Waals surface area contributed by atoms with Crippen LogP contribution < -0.4 is 11.2 Å². The molecule has 0 saturated heterocycles. The highest BCUT2D eigenvalue weighted by Gasteiger charge is 1.80. The number of guanidine groups is 1. The molecule has 0 aliphatic carbocycles. The highest BCUT2D eigenvalue weighted by molar-refractivity contribution is 5.76. The first kappa shape index (κ1) is 12.0. The predicted molar refractivity (Wildman–Crippen MR) is 43.1 cm³/mol. The molecule has 0 spiro atoms. The first-order valence-electron chi connectivity index (χ1n) is 3.51. The summed E-state index contributed by atoms with van der Waals surface area (Å²) in [5.41, 5.74) is 6.78. The van der Waals surface area contributed by atoms with E-state index in [1.807, 2.05) is 20.8 Å². The van der Waals surface area contributed by atoms with Gasteiger partial charge >= 0.3 is 0 Å². The predicted octanol–water partition coefficient (Wildman–Crippen LogP) is 0.716. The average molecular weight is 147 g/mol. The lowest BCUT2D eigenvalue weighted by Crippen LogP contribution is -2.28. The maximum absolute atomic E-state index is 8.06. The summed E-state index contributed by atoms with van der Waals surface area (Å²) in [6.45, 7) is 6.63. The van der Waals surface area contributed by atoms with Crippen LogP contribution in [0, 0.1) is 0 Å². The summed E-state index contributed by atoms with van der Waals surface area (Å²) in [6.07, 6.45) is 0.933. The lowest BCUT2D eigenvalue weighted by Gasteiger charge is -1.93. The van der Waals surface area contributed by atoms with Crippen LogP contribution in [0.4, 0.5) is 0 Å². The van der Waals surface area contributed by atoms with Crippen molar-refractivity contribution in [3.05, 3.63) is 0 Å². The molecule has 4 N–H and O–H groups in total. The van der Waals surface area contributed by atoms with Gasteiger partial charge in [-0.05, 0) is 6.42 Å². The number of aliphatic imine (C=N–C) groups is 1. The normalized spacial score (nSPS) is 9.80. The molecule has 4 heteroatoms. The first-order chi connectivity index (χ1) is 4.81. The van der Waals surface area contributed by atoms with Gasteiger partial charge in [0.2, 0.25) is 5.96 Å². The van der Waals surface area contributed by atoms with Crippen molar-refractivity contribution in [3.63, 3.8) is 0 Å². The van der Waals surface area contributed by atoms with E-state index in [0.717, 1.165) is 6.42 Å². The molecule has 0 heterocycles. The number of nitrogens with two attached hydrogens (primary N) is 1. The van der Waals surface area contributed by atoms with Crippen LogP contribution in [-0.4, -0.2) is 17.7 Å². The minimum Gasteiger partial charge on any atom is -0.368 e. The van der Waals surface area contributed by atoms with E-state index in [1.54, 1.807) is 5.48 Å². The maximum Gasteiger partial charge on any atom is 0.212 e. The van der Waals surface area contributed by atoms with E-state index in [1.165, 1.54) is 0 Å². The van der Waals surface area contributed by atoms with Crippen molar-refractivity contribution < 1.29 is 5.21 Å². The van der Waals surface area contributed by atoms with Gasteiger partial charge in [0.15, 0.2) is 0 Å². The third-order valence-electron chi connectivity index (χ3n) is 0.620. The maximum atomic E-state index is 8.06. The molecule has 0 radical (unpaired) electrons. The van der Waals surface area contributed by atoms with Crippen LogP contribution >= 0.6 is 0 Å². The molecule has 62 valence electrons. The molecule has 0 aromatic carbocycles. The van der Waals surface area contributed by atoms with Gasteiger partial charge in [0.05, 0.1) is 0 Å². The summed E-state index contributed by atoms with van der Waals surface area (Å²) in [6, 6.07) is 0. The van der Waals surface area contributed by atoms with Gasteiger partial charge in [-0.25, -0.2) is 5.48 Å². The van der Waals surface area contributed by atoms with E-state index in [0.29, 0.717) is 6.54 Å². The summed E-state index contributed by atoms with van der Waals surface area (Å²) in [5, 5.41) is 8.06. The minimum atomic E-state index is 0.0758. The molecule has 0 aromatic heterocycles. The molecule has 0 aliphatic heterocycles. The van der Waals surface area contributed by atoms with Crippen molar-refractivity contribution >= 4 is 5.96 Å². The number of hydroxylamine groups is 1. The summed E-state index contributed by atoms with van der Waals surface area (Å²) < 4.78 is 0. The van der Waals surface area contributed by atoms with Crippen molar-refractivity contribution in [3.8, 4) is 0 Å². The molecule has 0 fully saturated rings. The van der Waals surface area contributed by atoms with Crippen LogP contribution in [0.1, 0.15) is 27.2 Å². The molecule has 4 nitrogen and oxygen atoms in total. The molecule has 0 atom stereocenters. The second-order valence-corrected chi connectivity index (χ2v) is 1.38. The van der Waals surface area contributed by atoms with Crippen LogP contribution in [-0.2, 0) is 0 Å². The van der Waals surface area contributed by atoms with Crippen LogP contribution in [0.3, 0.4) is 0 Å². The van der Waals surface area contributed by atoms with E-state index in [2.05, 4.69) is 4.99 Å². The Kier molecular flexibility index (Phi) is 13.3. The van der Waals surface area contributed by atoms with Gasteiger partial charge in [0.1, 0.15) is 0 Å². The monoisotopic (exact) mass is 147 g/mol. The zero-order valence-electron chi connectivity index (χ0n) is 6.89. The quantitative estimate of drug-likeness (QED) is 0.306. The summed E-state index contributed by atoms with van der Waals surface area (Å²) in [5.74, 6) is 0.0758. The Morgan fingerprint density at radius 1 is 1.60 bits per heavy atom. The van der Waals surface area contributed by atoms with E-state index in [-0.39, 0.29) is 5.96 Å². The highest BCUT2D eigenvalue weighted by Crippen LogP contribution is 1.74. The van der Waals surface area contributed by atoms with Gasteiger partial charge in [-0.15, -0.1) is 0 Å². The van der Waals surface area contributed by atoms with Gasteiger partial charge in [-0.1, -0.05) is 20.8 Å². The number of nitrogens with zero attached hydrogens (tertiary/aromatic N) is 1. The molecule has 0 unspecified atom stereocenters. The number of hydrogen-bond donors (Lipinski definition) is 3. The van der Waals surface area contributed by atoms with Crippen molar-refractivity contribution in [1.29, 1.82) is 0 Å². The molecule has 0 bridgehead atoms.